The van der Waals surface area contributed by atoms with Gasteiger partial charge in [-0.3, -0.25) is 4.21 Å². The van der Waals surface area contributed by atoms with E-state index in [0.29, 0.717) is 6.42 Å². The molecule has 3 nitrogen and oxygen atoms in total. The molecule has 0 aliphatic heterocycles. The van der Waals surface area contributed by atoms with Crippen LogP contribution < -0.4 is 5.73 Å². The maximum atomic E-state index is 9.85. The molecule has 0 aliphatic carbocycles. The number of nitrogens with two attached hydrogens (primary N) is 1. The van der Waals surface area contributed by atoms with Gasteiger partial charge in [0.2, 0.25) is 0 Å². The highest BCUT2D eigenvalue weighted by Crippen LogP contribution is 1.86. The average Bonchev–Trinajstić information content (AvgIpc) is 1.61. The fourth-order valence-electron chi connectivity index (χ4n) is 0.282. The first kappa shape index (κ1) is 8.07. The molecule has 4 heteroatoms. The van der Waals surface area contributed by atoms with Crippen LogP contribution in [0.25, 0.3) is 0 Å². The maximum absolute atomic E-state index is 9.85. The lowest BCUT2D eigenvalue weighted by Crippen LogP contribution is -2.17. The van der Waals surface area contributed by atoms with Gasteiger partial charge in [-0.1, -0.05) is 11.1 Å². The Balaban J connectivity index is 3.05. The highest BCUT2D eigenvalue weighted by atomic mass is 32.2. The molecule has 0 saturated carbocycles. The van der Waals surface area contributed by atoms with Gasteiger partial charge in [0.25, 0.3) is 0 Å². The van der Waals surface area contributed by atoms with Crippen molar-refractivity contribution in [1.29, 1.82) is 0 Å². The molecular weight excluding hydrogens is 126 g/mol. The first-order chi connectivity index (χ1) is 3.63. The van der Waals surface area contributed by atoms with Gasteiger partial charge >= 0.3 is 0 Å². The first-order valence-corrected chi connectivity index (χ1v) is 3.68. The predicted molar refractivity (Wildman–Crippen MR) is 32.1 cm³/mol. The summed E-state index contributed by atoms with van der Waals surface area (Å²) >= 11 is -1.92. The standard InChI is InChI=1S/C4H11NO2S/c1-4(5)2-3-8(6)7/h4H,2-3,5H2,1H3,(H,6,7)/p-1/t4-/m1/s1. The second-order valence-corrected chi connectivity index (χ2v) is 2.79. The summed E-state index contributed by atoms with van der Waals surface area (Å²) < 4.78 is 19.7. The minimum atomic E-state index is -1.92. The van der Waals surface area contributed by atoms with E-state index in [9.17, 15) is 8.76 Å². The molecule has 0 spiro atoms. The Hall–Kier alpha value is 0.0700. The van der Waals surface area contributed by atoms with E-state index in [1.54, 1.807) is 6.92 Å². The Morgan fingerprint density at radius 1 is 1.88 bits per heavy atom. The summed E-state index contributed by atoms with van der Waals surface area (Å²) in [6, 6.07) is -0.00657. The summed E-state index contributed by atoms with van der Waals surface area (Å²) in [5.41, 5.74) is 5.27. The molecule has 2 atom stereocenters. The minimum Gasteiger partial charge on any atom is -0.772 e. The lowest BCUT2D eigenvalue weighted by atomic mass is 10.3. The SMILES string of the molecule is C[C@@H](N)CCS(=O)[O-]. The summed E-state index contributed by atoms with van der Waals surface area (Å²) in [6.07, 6.45) is 0.552. The second-order valence-electron chi connectivity index (χ2n) is 1.77. The fraction of sp³-hybridized carbons (Fsp3) is 1.00. The zero-order chi connectivity index (χ0) is 6.57. The highest BCUT2D eigenvalue weighted by molar-refractivity contribution is 7.79. The lowest BCUT2D eigenvalue weighted by molar-refractivity contribution is 0.531. The van der Waals surface area contributed by atoms with Crippen molar-refractivity contribution in [2.75, 3.05) is 5.75 Å². The zero-order valence-corrected chi connectivity index (χ0v) is 5.61. The third-order valence-corrected chi connectivity index (χ3v) is 1.31. The van der Waals surface area contributed by atoms with Crippen LogP contribution >= 0.6 is 0 Å². The molecule has 0 aliphatic rings. The van der Waals surface area contributed by atoms with Crippen molar-refractivity contribution in [2.45, 2.75) is 19.4 Å². The molecule has 1 unspecified atom stereocenters. The van der Waals surface area contributed by atoms with E-state index < -0.39 is 11.1 Å². The van der Waals surface area contributed by atoms with Gasteiger partial charge in [0.1, 0.15) is 0 Å². The van der Waals surface area contributed by atoms with Crippen molar-refractivity contribution in [3.8, 4) is 0 Å². The quantitative estimate of drug-likeness (QED) is 0.537. The van der Waals surface area contributed by atoms with Gasteiger partial charge in [-0.2, -0.15) is 0 Å². The number of hydrogen-bond donors (Lipinski definition) is 1. The number of hydrogen-bond acceptors (Lipinski definition) is 3. The molecular formula is C4H10NO2S-. The molecule has 0 saturated heterocycles. The van der Waals surface area contributed by atoms with Crippen molar-refractivity contribution in [2.24, 2.45) is 5.73 Å². The van der Waals surface area contributed by atoms with E-state index in [1.807, 2.05) is 0 Å². The van der Waals surface area contributed by atoms with E-state index in [1.165, 1.54) is 0 Å². The van der Waals surface area contributed by atoms with Crippen molar-refractivity contribution < 1.29 is 8.76 Å². The van der Waals surface area contributed by atoms with Crippen LogP contribution in [0, 0.1) is 0 Å². The van der Waals surface area contributed by atoms with E-state index in [0.717, 1.165) is 0 Å². The van der Waals surface area contributed by atoms with Crippen LogP contribution in [0.2, 0.25) is 0 Å². The Bertz CT molecular complexity index is 84.1. The third kappa shape index (κ3) is 6.07. The topological polar surface area (TPSA) is 66.2 Å². The summed E-state index contributed by atoms with van der Waals surface area (Å²) in [5, 5.41) is 0. The molecule has 0 fully saturated rings. The molecule has 0 aromatic heterocycles. The monoisotopic (exact) mass is 136 g/mol. The van der Waals surface area contributed by atoms with Gasteiger partial charge < -0.3 is 10.3 Å². The van der Waals surface area contributed by atoms with Crippen molar-refractivity contribution >= 4 is 11.1 Å². The smallest absolute Gasteiger partial charge is 0.0116 e. The maximum Gasteiger partial charge on any atom is 0.0116 e. The van der Waals surface area contributed by atoms with Gasteiger partial charge in [0, 0.05) is 11.8 Å². The molecule has 0 radical (unpaired) electrons. The molecule has 0 heterocycles. The summed E-state index contributed by atoms with van der Waals surface area (Å²) in [7, 11) is 0. The van der Waals surface area contributed by atoms with E-state index in [4.69, 9.17) is 5.73 Å². The van der Waals surface area contributed by atoms with Crippen molar-refractivity contribution in [1.82, 2.24) is 0 Å². The lowest BCUT2D eigenvalue weighted by Gasteiger charge is -2.05. The van der Waals surface area contributed by atoms with Crippen LogP contribution in [-0.4, -0.2) is 20.6 Å². The molecule has 50 valence electrons. The molecule has 0 aromatic rings. The molecule has 0 aromatic carbocycles. The fourth-order valence-corrected chi connectivity index (χ4v) is 0.846. The van der Waals surface area contributed by atoms with Crippen LogP contribution in [0.4, 0.5) is 0 Å². The van der Waals surface area contributed by atoms with Crippen LogP contribution in [-0.2, 0) is 11.1 Å². The van der Waals surface area contributed by atoms with Gasteiger partial charge in [0.15, 0.2) is 0 Å². The average molecular weight is 136 g/mol. The van der Waals surface area contributed by atoms with Crippen LogP contribution in [0.15, 0.2) is 0 Å². The molecule has 8 heavy (non-hydrogen) atoms. The molecule has 0 bridgehead atoms. The Kier molecular flexibility index (Phi) is 4.03. The van der Waals surface area contributed by atoms with Crippen molar-refractivity contribution in [3.63, 3.8) is 0 Å². The molecule has 0 rings (SSSR count). The first-order valence-electron chi connectivity index (χ1n) is 2.44. The van der Waals surface area contributed by atoms with E-state index in [-0.39, 0.29) is 11.8 Å². The van der Waals surface area contributed by atoms with E-state index in [2.05, 4.69) is 0 Å². The predicted octanol–water partition coefficient (Wildman–Crippen LogP) is -0.397. The van der Waals surface area contributed by atoms with Gasteiger partial charge in [-0.15, -0.1) is 0 Å². The van der Waals surface area contributed by atoms with Crippen LogP contribution in [0.3, 0.4) is 0 Å². The summed E-state index contributed by atoms with van der Waals surface area (Å²) in [6.45, 7) is 1.78. The molecule has 0 amide bonds. The highest BCUT2D eigenvalue weighted by Gasteiger charge is 1.91. The second kappa shape index (κ2) is 4.00. The third-order valence-electron chi connectivity index (χ3n) is 0.740. The Morgan fingerprint density at radius 3 is 2.50 bits per heavy atom. The Morgan fingerprint density at radius 2 is 2.38 bits per heavy atom. The summed E-state index contributed by atoms with van der Waals surface area (Å²) in [4.78, 5) is 0. The van der Waals surface area contributed by atoms with Gasteiger partial charge in [-0.05, 0) is 13.3 Å². The van der Waals surface area contributed by atoms with Gasteiger partial charge in [0.05, 0.1) is 0 Å². The number of rotatable bonds is 3. The van der Waals surface area contributed by atoms with Gasteiger partial charge in [-0.25, -0.2) is 0 Å². The van der Waals surface area contributed by atoms with E-state index >= 15 is 0 Å². The van der Waals surface area contributed by atoms with Crippen LogP contribution in [0.1, 0.15) is 13.3 Å². The zero-order valence-electron chi connectivity index (χ0n) is 4.79. The van der Waals surface area contributed by atoms with Crippen LogP contribution in [0.5, 0.6) is 0 Å². The Labute approximate surface area is 51.6 Å². The van der Waals surface area contributed by atoms with Crippen molar-refractivity contribution in [3.05, 3.63) is 0 Å². The minimum absolute atomic E-state index is 0.00657. The largest absolute Gasteiger partial charge is 0.772 e. The summed E-state index contributed by atoms with van der Waals surface area (Å²) in [5.74, 6) is 0.178. The molecule has 2 N–H and O–H groups in total. The normalized spacial score (nSPS) is 17.9.